The summed E-state index contributed by atoms with van der Waals surface area (Å²) in [5.41, 5.74) is 20.7. The van der Waals surface area contributed by atoms with Crippen molar-refractivity contribution in [2.24, 2.45) is 11.5 Å². The second kappa shape index (κ2) is 8.57. The Hall–Kier alpha value is -1.72. The molecule has 0 amide bonds. The normalized spacial score (nSPS) is 23.2. The molecule has 0 bridgehead atoms. The van der Waals surface area contributed by atoms with Crippen molar-refractivity contribution in [3.05, 3.63) is 69.8 Å². The number of benzene rings is 2. The molecule has 0 radical (unpaired) electrons. The second-order valence-corrected chi connectivity index (χ2v) is 9.29. The lowest BCUT2D eigenvalue weighted by Gasteiger charge is -2.27. The fourth-order valence-corrected chi connectivity index (χ4v) is 4.63. The lowest BCUT2D eigenvalue weighted by atomic mass is 9.91. The van der Waals surface area contributed by atoms with E-state index in [1.165, 1.54) is 33.4 Å². The topological polar surface area (TPSA) is 70.5 Å². The maximum absolute atomic E-state index is 6.64. The van der Waals surface area contributed by atoms with Crippen molar-refractivity contribution in [3.8, 4) is 0 Å². The Labute approximate surface area is 175 Å². The number of aryl methyl sites for hydroxylation is 4. The van der Waals surface area contributed by atoms with Gasteiger partial charge in [0.15, 0.2) is 5.79 Å². The van der Waals surface area contributed by atoms with Crippen molar-refractivity contribution in [2.45, 2.75) is 84.5 Å². The Morgan fingerprint density at radius 3 is 1.31 bits per heavy atom. The minimum Gasteiger partial charge on any atom is -0.343 e. The van der Waals surface area contributed by atoms with Gasteiger partial charge in [0.25, 0.3) is 0 Å². The van der Waals surface area contributed by atoms with Crippen LogP contribution in [0.2, 0.25) is 0 Å². The van der Waals surface area contributed by atoms with Crippen LogP contribution < -0.4 is 11.5 Å². The third kappa shape index (κ3) is 5.67. The predicted molar refractivity (Wildman–Crippen MR) is 119 cm³/mol. The highest BCUT2D eigenvalue weighted by molar-refractivity contribution is 5.30. The molecule has 4 heteroatoms. The number of hydrogen-bond acceptors (Lipinski definition) is 4. The zero-order valence-electron chi connectivity index (χ0n) is 18.7. The van der Waals surface area contributed by atoms with Gasteiger partial charge in [-0.2, -0.15) is 0 Å². The lowest BCUT2D eigenvalue weighted by molar-refractivity contribution is -0.149. The third-order valence-corrected chi connectivity index (χ3v) is 5.51. The summed E-state index contributed by atoms with van der Waals surface area (Å²) in [6, 6.07) is 12.8. The molecular weight excluding hydrogens is 360 g/mol. The molecule has 0 aromatic heterocycles. The molecule has 29 heavy (non-hydrogen) atoms. The molecule has 1 heterocycles. The van der Waals surface area contributed by atoms with Gasteiger partial charge in [0.2, 0.25) is 0 Å². The summed E-state index contributed by atoms with van der Waals surface area (Å²) in [6.45, 7) is 12.3. The average Bonchev–Trinajstić information content (AvgIpc) is 2.89. The molecule has 0 aliphatic carbocycles. The van der Waals surface area contributed by atoms with Crippen LogP contribution in [0.1, 0.15) is 47.2 Å². The van der Waals surface area contributed by atoms with Gasteiger partial charge in [-0.25, -0.2) is 0 Å². The summed E-state index contributed by atoms with van der Waals surface area (Å²) in [7, 11) is 0. The van der Waals surface area contributed by atoms with E-state index in [0.717, 1.165) is 12.8 Å². The van der Waals surface area contributed by atoms with Gasteiger partial charge in [-0.3, -0.25) is 0 Å². The number of rotatable bonds is 6. The molecule has 1 saturated heterocycles. The summed E-state index contributed by atoms with van der Waals surface area (Å²) in [5.74, 6) is -0.685. The van der Waals surface area contributed by atoms with Gasteiger partial charge >= 0.3 is 0 Å². The molecule has 0 unspecified atom stereocenters. The van der Waals surface area contributed by atoms with Crippen molar-refractivity contribution < 1.29 is 9.47 Å². The monoisotopic (exact) mass is 396 g/mol. The quantitative estimate of drug-likeness (QED) is 0.777. The average molecular weight is 397 g/mol. The van der Waals surface area contributed by atoms with Gasteiger partial charge in [0, 0.05) is 12.1 Å². The van der Waals surface area contributed by atoms with Gasteiger partial charge in [-0.1, -0.05) is 58.7 Å². The van der Waals surface area contributed by atoms with E-state index in [4.69, 9.17) is 20.9 Å². The van der Waals surface area contributed by atoms with E-state index in [1.54, 1.807) is 0 Å². The Kier molecular flexibility index (Phi) is 6.49. The van der Waals surface area contributed by atoms with Crippen molar-refractivity contribution >= 4 is 0 Å². The fourth-order valence-electron chi connectivity index (χ4n) is 4.63. The Morgan fingerprint density at radius 2 is 1.00 bits per heavy atom. The number of nitrogens with two attached hydrogens (primary N) is 2. The lowest BCUT2D eigenvalue weighted by Crippen LogP contribution is -2.51. The van der Waals surface area contributed by atoms with Crippen LogP contribution in [0.25, 0.3) is 0 Å². The van der Waals surface area contributed by atoms with E-state index in [1.807, 2.05) is 13.8 Å². The first-order chi connectivity index (χ1) is 13.5. The van der Waals surface area contributed by atoms with E-state index in [2.05, 4.69) is 64.1 Å². The first-order valence-corrected chi connectivity index (χ1v) is 10.5. The minimum absolute atomic E-state index is 0.187. The van der Waals surface area contributed by atoms with Gasteiger partial charge in [0.1, 0.15) is 12.2 Å². The van der Waals surface area contributed by atoms with Gasteiger partial charge in [-0.05, 0) is 65.5 Å². The highest BCUT2D eigenvalue weighted by atomic mass is 16.8. The molecule has 4 N–H and O–H groups in total. The molecule has 0 saturated carbocycles. The molecule has 4 atom stereocenters. The zero-order chi connectivity index (χ0) is 21.3. The molecule has 158 valence electrons. The van der Waals surface area contributed by atoms with E-state index < -0.39 is 5.79 Å². The first-order valence-electron chi connectivity index (χ1n) is 10.5. The first kappa shape index (κ1) is 22.0. The van der Waals surface area contributed by atoms with Gasteiger partial charge < -0.3 is 20.9 Å². The molecule has 1 aliphatic rings. The van der Waals surface area contributed by atoms with Crippen molar-refractivity contribution in [3.63, 3.8) is 0 Å². The summed E-state index contributed by atoms with van der Waals surface area (Å²) < 4.78 is 12.5. The van der Waals surface area contributed by atoms with Gasteiger partial charge in [0.05, 0.1) is 0 Å². The smallest absolute Gasteiger partial charge is 0.163 e. The molecule has 1 aliphatic heterocycles. The van der Waals surface area contributed by atoms with E-state index in [9.17, 15) is 0 Å². The van der Waals surface area contributed by atoms with Crippen molar-refractivity contribution in [2.75, 3.05) is 0 Å². The second-order valence-electron chi connectivity index (χ2n) is 9.29. The Balaban J connectivity index is 1.76. The minimum atomic E-state index is -0.685. The number of hydrogen-bond donors (Lipinski definition) is 2. The van der Waals surface area contributed by atoms with E-state index in [0.29, 0.717) is 0 Å². The van der Waals surface area contributed by atoms with Gasteiger partial charge in [-0.15, -0.1) is 0 Å². The highest BCUT2D eigenvalue weighted by Crippen LogP contribution is 2.32. The third-order valence-electron chi connectivity index (χ3n) is 5.51. The number of ether oxygens (including phenoxy) is 2. The molecule has 3 rings (SSSR count). The molecule has 2 aromatic rings. The van der Waals surface area contributed by atoms with Crippen LogP contribution in [0, 0.1) is 27.7 Å². The molecule has 1 fully saturated rings. The SMILES string of the molecule is Cc1cc(C)cc(C[C@@H](N)[C@@H]2OC(C)(C)O[C@H]2[C@H](N)Cc2cc(C)cc(C)c2)c1. The molecule has 0 spiro atoms. The zero-order valence-corrected chi connectivity index (χ0v) is 18.7. The van der Waals surface area contributed by atoms with Crippen LogP contribution in [-0.4, -0.2) is 30.1 Å². The molecule has 2 aromatic carbocycles. The Bertz CT molecular complexity index is 752. The van der Waals surface area contributed by atoms with Crippen LogP contribution in [0.15, 0.2) is 36.4 Å². The Morgan fingerprint density at radius 1 is 0.690 bits per heavy atom. The van der Waals surface area contributed by atoms with E-state index >= 15 is 0 Å². The van der Waals surface area contributed by atoms with Crippen LogP contribution in [0.3, 0.4) is 0 Å². The molecule has 4 nitrogen and oxygen atoms in total. The fraction of sp³-hybridized carbons (Fsp3) is 0.520. The van der Waals surface area contributed by atoms with Crippen molar-refractivity contribution in [1.29, 1.82) is 0 Å². The summed E-state index contributed by atoms with van der Waals surface area (Å²) >= 11 is 0. The summed E-state index contributed by atoms with van der Waals surface area (Å²) in [5, 5.41) is 0. The predicted octanol–water partition coefficient (Wildman–Crippen LogP) is 3.88. The summed E-state index contributed by atoms with van der Waals surface area (Å²) in [6.07, 6.45) is 0.983. The standard InChI is InChI=1S/C25H36N2O2/c1-15-7-16(2)10-19(9-15)13-21(26)23-24(29-25(5,6)28-23)22(27)14-20-11-17(3)8-18(4)12-20/h7-12,21-24H,13-14,26-27H2,1-6H3/t21-,22-,23+,24+/m1/s1. The van der Waals surface area contributed by atoms with Crippen LogP contribution >= 0.6 is 0 Å². The van der Waals surface area contributed by atoms with Crippen LogP contribution in [0.4, 0.5) is 0 Å². The maximum atomic E-state index is 6.64. The summed E-state index contributed by atoms with van der Waals surface area (Å²) in [4.78, 5) is 0. The largest absolute Gasteiger partial charge is 0.343 e. The highest BCUT2D eigenvalue weighted by Gasteiger charge is 2.46. The van der Waals surface area contributed by atoms with Crippen LogP contribution in [-0.2, 0) is 22.3 Å². The maximum Gasteiger partial charge on any atom is 0.163 e. The molecular formula is C25H36N2O2. The van der Waals surface area contributed by atoms with Crippen LogP contribution in [0.5, 0.6) is 0 Å². The van der Waals surface area contributed by atoms with E-state index in [-0.39, 0.29) is 24.3 Å². The van der Waals surface area contributed by atoms with Crippen molar-refractivity contribution in [1.82, 2.24) is 0 Å².